The number of pyridine rings is 2. The summed E-state index contributed by atoms with van der Waals surface area (Å²) in [6, 6.07) is 12.6. The van der Waals surface area contributed by atoms with Gasteiger partial charge in [0, 0.05) is 42.3 Å². The first-order valence-corrected chi connectivity index (χ1v) is 8.30. The average Bonchev–Trinajstić information content (AvgIpc) is 3.16. The first-order chi connectivity index (χ1) is 12.7. The molecule has 0 bridgehead atoms. The molecule has 0 aliphatic heterocycles. The average molecular weight is 348 g/mol. The normalized spacial score (nSPS) is 12.4. The molecule has 3 heterocycles. The summed E-state index contributed by atoms with van der Waals surface area (Å²) in [7, 11) is 0. The van der Waals surface area contributed by atoms with Crippen molar-refractivity contribution in [1.29, 1.82) is 0 Å². The lowest BCUT2D eigenvalue weighted by molar-refractivity contribution is 0.574. The summed E-state index contributed by atoms with van der Waals surface area (Å²) in [4.78, 5) is 4.05. The van der Waals surface area contributed by atoms with Gasteiger partial charge in [-0.05, 0) is 58.8 Å². The second-order valence-electron chi connectivity index (χ2n) is 6.09. The van der Waals surface area contributed by atoms with E-state index in [1.54, 1.807) is 29.0 Å². The van der Waals surface area contributed by atoms with Crippen molar-refractivity contribution in [2.75, 3.05) is 0 Å². The molecule has 26 heavy (non-hydrogen) atoms. The molecule has 0 spiro atoms. The molecule has 0 saturated carbocycles. The van der Waals surface area contributed by atoms with Crippen molar-refractivity contribution in [3.8, 4) is 11.1 Å². The predicted molar refractivity (Wildman–Crippen MR) is 95.7 cm³/mol. The van der Waals surface area contributed by atoms with Gasteiger partial charge in [-0.1, -0.05) is 12.1 Å². The first kappa shape index (κ1) is 16.3. The van der Waals surface area contributed by atoms with Crippen LogP contribution in [0.5, 0.6) is 0 Å². The van der Waals surface area contributed by atoms with E-state index in [-0.39, 0.29) is 11.9 Å². The Balaban J connectivity index is 1.63. The predicted octanol–water partition coefficient (Wildman–Crippen LogP) is 3.18. The molecular formula is C19H17FN6. The highest BCUT2D eigenvalue weighted by molar-refractivity contribution is 5.66. The van der Waals surface area contributed by atoms with E-state index >= 15 is 0 Å². The lowest BCUT2D eigenvalue weighted by Crippen LogP contribution is -2.18. The maximum absolute atomic E-state index is 13.2. The largest absolute Gasteiger partial charge is 0.306 e. The Morgan fingerprint density at radius 3 is 2.62 bits per heavy atom. The summed E-state index contributed by atoms with van der Waals surface area (Å²) in [6.45, 7) is 2.70. The van der Waals surface area contributed by atoms with Gasteiger partial charge in [0.2, 0.25) is 0 Å². The van der Waals surface area contributed by atoms with Crippen LogP contribution in [0.4, 0.5) is 4.39 Å². The van der Waals surface area contributed by atoms with Crippen LogP contribution in [0.1, 0.15) is 24.1 Å². The highest BCUT2D eigenvalue weighted by Gasteiger charge is 2.11. The molecule has 130 valence electrons. The summed E-state index contributed by atoms with van der Waals surface area (Å²) in [5.41, 5.74) is 4.67. The van der Waals surface area contributed by atoms with Gasteiger partial charge in [-0.2, -0.15) is 4.52 Å². The van der Waals surface area contributed by atoms with E-state index in [1.807, 2.05) is 24.4 Å². The summed E-state index contributed by atoms with van der Waals surface area (Å²) < 4.78 is 14.8. The van der Waals surface area contributed by atoms with Crippen LogP contribution < -0.4 is 5.32 Å². The van der Waals surface area contributed by atoms with Crippen molar-refractivity contribution >= 4 is 5.65 Å². The van der Waals surface area contributed by atoms with Crippen molar-refractivity contribution < 1.29 is 4.39 Å². The maximum atomic E-state index is 13.2. The lowest BCUT2D eigenvalue weighted by Gasteiger charge is -2.15. The Kier molecular flexibility index (Phi) is 4.37. The SMILES string of the molecule is C[C@H](NCc1cc(-c2ccc(F)cc2)cn2nnnc12)c1ccncc1. The number of aromatic nitrogens is 5. The Labute approximate surface area is 149 Å². The third-order valence-electron chi connectivity index (χ3n) is 4.35. The minimum Gasteiger partial charge on any atom is -0.306 e. The zero-order valence-corrected chi connectivity index (χ0v) is 14.2. The molecule has 0 unspecified atom stereocenters. The Hall–Kier alpha value is -3.19. The van der Waals surface area contributed by atoms with Crippen LogP contribution in [0.2, 0.25) is 0 Å². The Bertz CT molecular complexity index is 1010. The molecule has 1 aromatic carbocycles. The number of halogens is 1. The zero-order chi connectivity index (χ0) is 17.9. The van der Waals surface area contributed by atoms with Crippen molar-refractivity contribution in [3.05, 3.63) is 78.0 Å². The van der Waals surface area contributed by atoms with Gasteiger partial charge in [-0.25, -0.2) is 4.39 Å². The zero-order valence-electron chi connectivity index (χ0n) is 14.2. The van der Waals surface area contributed by atoms with Crippen LogP contribution in [-0.4, -0.2) is 25.0 Å². The first-order valence-electron chi connectivity index (χ1n) is 8.30. The van der Waals surface area contributed by atoms with E-state index in [0.29, 0.717) is 12.2 Å². The Morgan fingerprint density at radius 2 is 1.85 bits per heavy atom. The quantitative estimate of drug-likeness (QED) is 0.600. The highest BCUT2D eigenvalue weighted by atomic mass is 19.1. The fourth-order valence-corrected chi connectivity index (χ4v) is 2.88. The van der Waals surface area contributed by atoms with E-state index in [1.165, 1.54) is 12.1 Å². The molecule has 0 aliphatic rings. The number of benzene rings is 1. The summed E-state index contributed by atoms with van der Waals surface area (Å²) in [6.07, 6.45) is 5.41. The summed E-state index contributed by atoms with van der Waals surface area (Å²) >= 11 is 0. The molecule has 0 fully saturated rings. The highest BCUT2D eigenvalue weighted by Crippen LogP contribution is 2.23. The molecule has 7 heteroatoms. The van der Waals surface area contributed by atoms with E-state index in [2.05, 4.69) is 32.7 Å². The van der Waals surface area contributed by atoms with Crippen molar-refractivity contribution in [2.24, 2.45) is 0 Å². The lowest BCUT2D eigenvalue weighted by atomic mass is 10.1. The fraction of sp³-hybridized carbons (Fsp3) is 0.158. The monoisotopic (exact) mass is 348 g/mol. The maximum Gasteiger partial charge on any atom is 0.183 e. The summed E-state index contributed by atoms with van der Waals surface area (Å²) in [5.74, 6) is -0.259. The fourth-order valence-electron chi connectivity index (χ4n) is 2.88. The molecule has 3 aromatic heterocycles. The third kappa shape index (κ3) is 3.29. The molecule has 4 rings (SSSR count). The molecule has 4 aromatic rings. The van der Waals surface area contributed by atoms with Gasteiger partial charge in [0.25, 0.3) is 0 Å². The number of hydrogen-bond donors (Lipinski definition) is 1. The second-order valence-corrected chi connectivity index (χ2v) is 6.09. The number of hydrogen-bond acceptors (Lipinski definition) is 5. The van der Waals surface area contributed by atoms with Crippen LogP contribution >= 0.6 is 0 Å². The van der Waals surface area contributed by atoms with Gasteiger partial charge < -0.3 is 5.32 Å². The summed E-state index contributed by atoms with van der Waals surface area (Å²) in [5, 5.41) is 15.4. The molecular weight excluding hydrogens is 331 g/mol. The van der Waals surface area contributed by atoms with Crippen molar-refractivity contribution in [2.45, 2.75) is 19.5 Å². The molecule has 0 radical (unpaired) electrons. The number of nitrogens with one attached hydrogen (secondary N) is 1. The van der Waals surface area contributed by atoms with Gasteiger partial charge in [-0.15, -0.1) is 5.10 Å². The van der Waals surface area contributed by atoms with Gasteiger partial charge in [0.1, 0.15) is 5.82 Å². The smallest absolute Gasteiger partial charge is 0.183 e. The number of nitrogens with zero attached hydrogens (tertiary/aromatic N) is 5. The molecule has 1 N–H and O–H groups in total. The van der Waals surface area contributed by atoms with Crippen LogP contribution in [0.15, 0.2) is 61.1 Å². The molecule has 0 aliphatic carbocycles. The number of fused-ring (bicyclic) bond motifs is 1. The molecule has 1 atom stereocenters. The minimum absolute atomic E-state index is 0.156. The van der Waals surface area contributed by atoms with Gasteiger partial charge in [-0.3, -0.25) is 4.98 Å². The van der Waals surface area contributed by atoms with E-state index in [9.17, 15) is 4.39 Å². The van der Waals surface area contributed by atoms with Gasteiger partial charge in [0.15, 0.2) is 5.65 Å². The molecule has 0 saturated heterocycles. The van der Waals surface area contributed by atoms with Crippen LogP contribution in [-0.2, 0) is 6.54 Å². The Morgan fingerprint density at radius 1 is 1.08 bits per heavy atom. The van der Waals surface area contributed by atoms with E-state index < -0.39 is 0 Å². The van der Waals surface area contributed by atoms with Crippen LogP contribution in [0.25, 0.3) is 16.8 Å². The number of rotatable bonds is 5. The van der Waals surface area contributed by atoms with Crippen LogP contribution in [0.3, 0.4) is 0 Å². The second kappa shape index (κ2) is 6.97. The standard InChI is InChI=1S/C19H17FN6/c1-13(14-6-8-21-9-7-14)22-11-16-10-17(12-26-19(16)23-24-25-26)15-2-4-18(20)5-3-15/h2-10,12-13,22H,11H2,1H3/t13-/m0/s1. The van der Waals surface area contributed by atoms with E-state index in [0.717, 1.165) is 22.3 Å². The van der Waals surface area contributed by atoms with Gasteiger partial charge >= 0.3 is 0 Å². The van der Waals surface area contributed by atoms with E-state index in [4.69, 9.17) is 0 Å². The van der Waals surface area contributed by atoms with Gasteiger partial charge in [0.05, 0.1) is 0 Å². The third-order valence-corrected chi connectivity index (χ3v) is 4.35. The minimum atomic E-state index is -0.259. The molecule has 0 amide bonds. The van der Waals surface area contributed by atoms with Crippen LogP contribution in [0, 0.1) is 5.82 Å². The van der Waals surface area contributed by atoms with Crippen molar-refractivity contribution in [1.82, 2.24) is 30.3 Å². The number of tetrazole rings is 1. The topological polar surface area (TPSA) is 68.0 Å². The molecule has 6 nitrogen and oxygen atoms in total. The van der Waals surface area contributed by atoms with Crippen molar-refractivity contribution in [3.63, 3.8) is 0 Å².